The van der Waals surface area contributed by atoms with Gasteiger partial charge >= 0.3 is 5.97 Å². The van der Waals surface area contributed by atoms with Gasteiger partial charge in [0.25, 0.3) is 0 Å². The summed E-state index contributed by atoms with van der Waals surface area (Å²) in [5.74, 6) is -0.534. The first-order chi connectivity index (χ1) is 7.67. The Morgan fingerprint density at radius 1 is 1.35 bits per heavy atom. The molecule has 0 spiro atoms. The molecular formula is C12H23NO3Si. The Hall–Kier alpha value is -0.863. The number of nitriles is 1. The third kappa shape index (κ3) is 7.13. The van der Waals surface area contributed by atoms with Crippen LogP contribution in [0.2, 0.25) is 19.6 Å². The molecule has 0 bridgehead atoms. The van der Waals surface area contributed by atoms with E-state index in [1.54, 1.807) is 0 Å². The predicted octanol–water partition coefficient (Wildman–Crippen LogP) is 2.57. The van der Waals surface area contributed by atoms with Crippen LogP contribution >= 0.6 is 0 Å². The zero-order chi connectivity index (χ0) is 13.6. The molecule has 0 saturated carbocycles. The largest absolute Gasteiger partial charge is 0.464 e. The molecule has 0 aromatic rings. The molecule has 0 aromatic carbocycles. The van der Waals surface area contributed by atoms with Gasteiger partial charge in [-0.25, -0.2) is 0 Å². The fraction of sp³-hybridized carbons (Fsp3) is 0.833. The second-order valence-corrected chi connectivity index (χ2v) is 9.94. The summed E-state index contributed by atoms with van der Waals surface area (Å²) < 4.78 is 10.9. The summed E-state index contributed by atoms with van der Waals surface area (Å²) >= 11 is 0. The Morgan fingerprint density at radius 3 is 2.18 bits per heavy atom. The molecule has 2 atom stereocenters. The Morgan fingerprint density at radius 2 is 1.88 bits per heavy atom. The Bertz CT molecular complexity index is 291. The van der Waals surface area contributed by atoms with Crippen LogP contribution in [0.4, 0.5) is 0 Å². The second-order valence-electron chi connectivity index (χ2n) is 5.48. The molecule has 0 amide bonds. The van der Waals surface area contributed by atoms with Crippen LogP contribution in [0, 0.1) is 23.2 Å². The summed E-state index contributed by atoms with van der Waals surface area (Å²) in [7, 11) is -1.71. The minimum absolute atomic E-state index is 0.110. The van der Waals surface area contributed by atoms with Crippen molar-refractivity contribution in [2.45, 2.75) is 46.5 Å². The highest BCUT2D eigenvalue weighted by Gasteiger charge is 2.31. The molecule has 0 aliphatic carbocycles. The van der Waals surface area contributed by atoms with Crippen molar-refractivity contribution < 1.29 is 14.0 Å². The topological polar surface area (TPSA) is 59.3 Å². The molecule has 0 unspecified atom stereocenters. The zero-order valence-electron chi connectivity index (χ0n) is 11.6. The first-order valence-electron chi connectivity index (χ1n) is 5.88. The van der Waals surface area contributed by atoms with E-state index in [1.807, 2.05) is 13.8 Å². The monoisotopic (exact) mass is 257 g/mol. The maximum absolute atomic E-state index is 10.8. The van der Waals surface area contributed by atoms with Crippen molar-refractivity contribution >= 4 is 14.3 Å². The molecule has 0 aromatic heterocycles. The molecule has 0 saturated heterocycles. The van der Waals surface area contributed by atoms with Crippen molar-refractivity contribution in [3.8, 4) is 6.07 Å². The van der Waals surface area contributed by atoms with E-state index in [0.717, 1.165) is 0 Å². The van der Waals surface area contributed by atoms with Gasteiger partial charge in [-0.2, -0.15) is 5.26 Å². The summed E-state index contributed by atoms with van der Waals surface area (Å²) in [4.78, 5) is 10.8. The Labute approximate surface area is 105 Å². The standard InChI is InChI=1S/C12H23NO3Si/c1-9(2)12(16-17(4,5)6)11(7-13)8-15-10(3)14/h9,11-12H,8H2,1-6H3/t11-,12+/m1/s1. The average molecular weight is 257 g/mol. The van der Waals surface area contributed by atoms with Gasteiger partial charge in [-0.1, -0.05) is 13.8 Å². The minimum atomic E-state index is -1.71. The number of nitrogens with zero attached hydrogens (tertiary/aromatic N) is 1. The lowest BCUT2D eigenvalue weighted by Crippen LogP contribution is -2.40. The first-order valence-corrected chi connectivity index (χ1v) is 9.29. The van der Waals surface area contributed by atoms with Crippen molar-refractivity contribution in [3.63, 3.8) is 0 Å². The van der Waals surface area contributed by atoms with E-state index in [-0.39, 0.29) is 24.6 Å². The smallest absolute Gasteiger partial charge is 0.302 e. The maximum atomic E-state index is 10.8. The third-order valence-corrected chi connectivity index (χ3v) is 3.15. The fourth-order valence-corrected chi connectivity index (χ4v) is 2.76. The van der Waals surface area contributed by atoms with E-state index in [9.17, 15) is 4.79 Å². The highest BCUT2D eigenvalue weighted by molar-refractivity contribution is 6.69. The van der Waals surface area contributed by atoms with Gasteiger partial charge in [0, 0.05) is 6.92 Å². The predicted molar refractivity (Wildman–Crippen MR) is 68.8 cm³/mol. The van der Waals surface area contributed by atoms with E-state index >= 15 is 0 Å². The van der Waals surface area contributed by atoms with E-state index in [2.05, 4.69) is 25.7 Å². The van der Waals surface area contributed by atoms with Crippen LogP contribution in [0.25, 0.3) is 0 Å². The molecular weight excluding hydrogens is 234 g/mol. The lowest BCUT2D eigenvalue weighted by molar-refractivity contribution is -0.142. The summed E-state index contributed by atoms with van der Waals surface area (Å²) in [5, 5.41) is 9.15. The van der Waals surface area contributed by atoms with Crippen LogP contribution in [0.3, 0.4) is 0 Å². The van der Waals surface area contributed by atoms with Crippen LogP contribution in [0.5, 0.6) is 0 Å². The SMILES string of the molecule is CC(=O)OC[C@@H](C#N)[C@@H](O[Si](C)(C)C)C(C)C. The summed E-state index contributed by atoms with van der Waals surface area (Å²) in [6.07, 6.45) is -0.175. The Balaban J connectivity index is 4.65. The maximum Gasteiger partial charge on any atom is 0.302 e. The molecule has 0 rings (SSSR count). The number of rotatable bonds is 6. The lowest BCUT2D eigenvalue weighted by atomic mass is 9.95. The zero-order valence-corrected chi connectivity index (χ0v) is 12.6. The average Bonchev–Trinajstić information content (AvgIpc) is 2.14. The Kier molecular flexibility index (Phi) is 6.43. The van der Waals surface area contributed by atoms with Gasteiger partial charge in [0.05, 0.1) is 12.2 Å². The lowest BCUT2D eigenvalue weighted by Gasteiger charge is -2.32. The van der Waals surface area contributed by atoms with Gasteiger partial charge in [-0.05, 0) is 25.6 Å². The van der Waals surface area contributed by atoms with E-state index < -0.39 is 14.2 Å². The summed E-state index contributed by atoms with van der Waals surface area (Å²) in [6.45, 7) is 11.7. The molecule has 0 fully saturated rings. The number of hydrogen-bond acceptors (Lipinski definition) is 4. The molecule has 17 heavy (non-hydrogen) atoms. The van der Waals surface area contributed by atoms with Gasteiger partial charge < -0.3 is 9.16 Å². The van der Waals surface area contributed by atoms with Gasteiger partial charge in [0.2, 0.25) is 0 Å². The van der Waals surface area contributed by atoms with Crippen LogP contribution < -0.4 is 0 Å². The molecule has 0 aliphatic rings. The fourth-order valence-electron chi connectivity index (χ4n) is 1.50. The highest BCUT2D eigenvalue weighted by atomic mass is 28.4. The van der Waals surface area contributed by atoms with Crippen molar-refractivity contribution in [3.05, 3.63) is 0 Å². The van der Waals surface area contributed by atoms with Crippen molar-refractivity contribution in [1.82, 2.24) is 0 Å². The molecule has 4 nitrogen and oxygen atoms in total. The van der Waals surface area contributed by atoms with Crippen LogP contribution in [-0.2, 0) is 14.0 Å². The number of esters is 1. The van der Waals surface area contributed by atoms with E-state index in [1.165, 1.54) is 6.92 Å². The van der Waals surface area contributed by atoms with Crippen LogP contribution in [0.15, 0.2) is 0 Å². The number of carbonyl (C=O) groups is 1. The summed E-state index contributed by atoms with van der Waals surface area (Å²) in [5.41, 5.74) is 0. The van der Waals surface area contributed by atoms with Crippen LogP contribution in [0.1, 0.15) is 20.8 Å². The number of hydrogen-bond donors (Lipinski definition) is 0. The van der Waals surface area contributed by atoms with Gasteiger partial charge in [-0.15, -0.1) is 0 Å². The molecule has 5 heteroatoms. The molecule has 0 N–H and O–H groups in total. The summed E-state index contributed by atoms with van der Waals surface area (Å²) in [6, 6.07) is 2.18. The minimum Gasteiger partial charge on any atom is -0.464 e. The molecule has 0 aliphatic heterocycles. The number of ether oxygens (including phenoxy) is 1. The molecule has 0 radical (unpaired) electrons. The van der Waals surface area contributed by atoms with Gasteiger partial charge in [0.15, 0.2) is 8.32 Å². The van der Waals surface area contributed by atoms with Crippen molar-refractivity contribution in [1.29, 1.82) is 5.26 Å². The molecule has 0 heterocycles. The van der Waals surface area contributed by atoms with Gasteiger partial charge in [0.1, 0.15) is 12.5 Å². The van der Waals surface area contributed by atoms with E-state index in [4.69, 9.17) is 14.4 Å². The van der Waals surface area contributed by atoms with Crippen LogP contribution in [-0.4, -0.2) is 27.0 Å². The van der Waals surface area contributed by atoms with Crippen molar-refractivity contribution in [2.24, 2.45) is 11.8 Å². The third-order valence-electron chi connectivity index (χ3n) is 2.18. The first kappa shape index (κ1) is 16.1. The second kappa shape index (κ2) is 6.77. The molecule has 98 valence electrons. The normalized spacial score (nSPS) is 15.2. The van der Waals surface area contributed by atoms with Gasteiger partial charge in [-0.3, -0.25) is 4.79 Å². The number of carbonyl (C=O) groups excluding carboxylic acids is 1. The highest BCUT2D eigenvalue weighted by Crippen LogP contribution is 2.21. The van der Waals surface area contributed by atoms with Crippen molar-refractivity contribution in [2.75, 3.05) is 6.61 Å². The quantitative estimate of drug-likeness (QED) is 0.542. The van der Waals surface area contributed by atoms with E-state index in [0.29, 0.717) is 0 Å².